The molecule has 1 aromatic rings. The minimum Gasteiger partial charge on any atom is -0.446 e. The Balaban J connectivity index is 2.77. The number of nitrogens with zero attached hydrogens (tertiary/aromatic N) is 1. The van der Waals surface area contributed by atoms with Crippen LogP contribution in [0.2, 0.25) is 0 Å². The van der Waals surface area contributed by atoms with Crippen molar-refractivity contribution in [3.63, 3.8) is 0 Å². The third-order valence-electron chi connectivity index (χ3n) is 0.799. The van der Waals surface area contributed by atoms with Crippen LogP contribution in [0.1, 0.15) is 18.9 Å². The summed E-state index contributed by atoms with van der Waals surface area (Å²) in [5.74, 6) is 0.255. The molecule has 0 saturated heterocycles. The van der Waals surface area contributed by atoms with Crippen LogP contribution < -0.4 is 0 Å². The van der Waals surface area contributed by atoms with E-state index in [0.29, 0.717) is 0 Å². The monoisotopic (exact) mass is 112 g/mol. The largest absolute Gasteiger partial charge is 0.446 e. The summed E-state index contributed by atoms with van der Waals surface area (Å²) in [5, 5.41) is 10.4. The zero-order chi connectivity index (χ0) is 5.98. The lowest BCUT2D eigenvalue weighted by Crippen LogP contribution is -1.86. The quantitative estimate of drug-likeness (QED) is 0.547. The van der Waals surface area contributed by atoms with Crippen molar-refractivity contribution < 1.29 is 9.52 Å². The number of hydrogen-bond acceptors (Lipinski definition) is 2. The Morgan fingerprint density at radius 1 is 1.88 bits per heavy atom. The molecule has 1 unspecified atom stereocenters. The highest BCUT2D eigenvalue weighted by molar-refractivity contribution is 4.81. The van der Waals surface area contributed by atoms with Crippen LogP contribution in [-0.4, -0.2) is 4.98 Å². The topological polar surface area (TPSA) is 45.9 Å². The van der Waals surface area contributed by atoms with Gasteiger partial charge < -0.3 is 4.42 Å². The molecule has 1 aromatic heterocycles. The lowest BCUT2D eigenvalue weighted by molar-refractivity contribution is 0.0807. The van der Waals surface area contributed by atoms with E-state index in [1.807, 2.05) is 0 Å². The molecule has 0 saturated carbocycles. The molecule has 0 N–H and O–H groups in total. The molecule has 1 rings (SSSR count). The Hall–Kier alpha value is -0.830. The van der Waals surface area contributed by atoms with Crippen LogP contribution in [0, 0.1) is 0 Å². The molecule has 0 spiro atoms. The second kappa shape index (κ2) is 1.96. The van der Waals surface area contributed by atoms with Gasteiger partial charge in [0.1, 0.15) is 6.26 Å². The van der Waals surface area contributed by atoms with Crippen LogP contribution in [0.5, 0.6) is 0 Å². The normalized spacial score (nSPS) is 13.8. The number of hydrogen-bond donors (Lipinski definition) is 0. The molecule has 1 atom stereocenters. The predicted molar refractivity (Wildman–Crippen MR) is 25.6 cm³/mol. The third kappa shape index (κ3) is 0.869. The minimum atomic E-state index is -0.843. The van der Waals surface area contributed by atoms with Gasteiger partial charge in [-0.1, -0.05) is 0 Å². The Morgan fingerprint density at radius 2 is 2.62 bits per heavy atom. The third-order valence-corrected chi connectivity index (χ3v) is 0.799. The summed E-state index contributed by atoms with van der Waals surface area (Å²) < 4.78 is 4.67. The predicted octanol–water partition coefficient (Wildman–Crippen LogP) is 1.17. The maximum absolute atomic E-state index is 10.4. The zero-order valence-electron chi connectivity index (χ0n) is 4.50. The highest BCUT2D eigenvalue weighted by atomic mass is 16.4. The lowest BCUT2D eigenvalue weighted by atomic mass is 10.4. The Labute approximate surface area is 47.0 Å². The second-order valence-electron chi connectivity index (χ2n) is 1.51. The molecule has 8 heavy (non-hydrogen) atoms. The number of aromatic nitrogens is 1. The number of rotatable bonds is 1. The molecule has 0 aliphatic rings. The van der Waals surface area contributed by atoms with Crippen LogP contribution in [0.15, 0.2) is 16.9 Å². The van der Waals surface area contributed by atoms with Gasteiger partial charge in [-0.3, -0.25) is 0 Å². The van der Waals surface area contributed by atoms with Crippen molar-refractivity contribution in [2.75, 3.05) is 0 Å². The molecular formula is C5H6NO2. The molecule has 1 radical (unpaired) electrons. The van der Waals surface area contributed by atoms with Crippen LogP contribution >= 0.6 is 0 Å². The Bertz CT molecular complexity index is 145. The van der Waals surface area contributed by atoms with Crippen LogP contribution in [0.25, 0.3) is 0 Å². The highest BCUT2D eigenvalue weighted by Crippen LogP contribution is 2.07. The summed E-state index contributed by atoms with van der Waals surface area (Å²) in [6.45, 7) is 1.49. The molecular weight excluding hydrogens is 106 g/mol. The van der Waals surface area contributed by atoms with Crippen LogP contribution in [0.3, 0.4) is 0 Å². The summed E-state index contributed by atoms with van der Waals surface area (Å²) in [6.07, 6.45) is 2.01. The van der Waals surface area contributed by atoms with Gasteiger partial charge in [-0.2, -0.15) is 0 Å². The van der Waals surface area contributed by atoms with Gasteiger partial charge in [-0.15, -0.1) is 0 Å². The second-order valence-corrected chi connectivity index (χ2v) is 1.51. The first kappa shape index (κ1) is 5.31. The summed E-state index contributed by atoms with van der Waals surface area (Å²) in [7, 11) is 0. The van der Waals surface area contributed by atoms with Crippen molar-refractivity contribution in [2.45, 2.75) is 13.0 Å². The lowest BCUT2D eigenvalue weighted by Gasteiger charge is -1.89. The van der Waals surface area contributed by atoms with Crippen molar-refractivity contribution in [1.29, 1.82) is 0 Å². The van der Waals surface area contributed by atoms with Crippen molar-refractivity contribution in [2.24, 2.45) is 0 Å². The average Bonchev–Trinajstić information content (AvgIpc) is 2.12. The van der Waals surface area contributed by atoms with Crippen molar-refractivity contribution >= 4 is 0 Å². The fraction of sp³-hybridized carbons (Fsp3) is 0.400. The Morgan fingerprint density at radius 3 is 2.88 bits per heavy atom. The average molecular weight is 112 g/mol. The summed E-state index contributed by atoms with van der Waals surface area (Å²) in [4.78, 5) is 3.64. The van der Waals surface area contributed by atoms with Gasteiger partial charge in [0.2, 0.25) is 5.89 Å². The van der Waals surface area contributed by atoms with E-state index in [1.54, 1.807) is 0 Å². The Kier molecular flexibility index (Phi) is 1.30. The van der Waals surface area contributed by atoms with Crippen molar-refractivity contribution in [3.05, 3.63) is 18.4 Å². The maximum Gasteiger partial charge on any atom is 0.226 e. The van der Waals surface area contributed by atoms with Crippen molar-refractivity contribution in [1.82, 2.24) is 4.98 Å². The van der Waals surface area contributed by atoms with E-state index >= 15 is 0 Å². The number of oxazole rings is 1. The van der Waals surface area contributed by atoms with Gasteiger partial charge in [0.25, 0.3) is 0 Å². The minimum absolute atomic E-state index is 0.255. The standard InChI is InChI=1S/C5H6NO2/c1-4(7)5-6-2-3-8-5/h2-4H,1H3. The molecule has 0 aliphatic carbocycles. The summed E-state index contributed by atoms with van der Waals surface area (Å²) >= 11 is 0. The molecule has 0 bridgehead atoms. The van der Waals surface area contributed by atoms with Crippen molar-refractivity contribution in [3.8, 4) is 0 Å². The maximum atomic E-state index is 10.4. The van der Waals surface area contributed by atoms with Gasteiger partial charge in [0.05, 0.1) is 6.20 Å². The molecule has 43 valence electrons. The molecule has 3 nitrogen and oxygen atoms in total. The smallest absolute Gasteiger partial charge is 0.226 e. The SMILES string of the molecule is CC([O])c1ncco1. The molecule has 3 heteroatoms. The first-order chi connectivity index (χ1) is 3.80. The van der Waals surface area contributed by atoms with E-state index < -0.39 is 6.10 Å². The molecule has 1 heterocycles. The van der Waals surface area contributed by atoms with E-state index in [9.17, 15) is 5.11 Å². The van der Waals surface area contributed by atoms with E-state index in [-0.39, 0.29) is 5.89 Å². The highest BCUT2D eigenvalue weighted by Gasteiger charge is 2.04. The van der Waals surface area contributed by atoms with Gasteiger partial charge in [-0.25, -0.2) is 10.1 Å². The van der Waals surface area contributed by atoms with Gasteiger partial charge in [-0.05, 0) is 6.92 Å². The van der Waals surface area contributed by atoms with Crippen LogP contribution in [-0.2, 0) is 5.11 Å². The van der Waals surface area contributed by atoms with E-state index in [2.05, 4.69) is 9.40 Å². The van der Waals surface area contributed by atoms with E-state index in [1.165, 1.54) is 19.4 Å². The zero-order valence-corrected chi connectivity index (χ0v) is 4.50. The first-order valence-corrected chi connectivity index (χ1v) is 2.36. The van der Waals surface area contributed by atoms with E-state index in [4.69, 9.17) is 0 Å². The van der Waals surface area contributed by atoms with Crippen LogP contribution in [0.4, 0.5) is 0 Å². The molecule has 0 amide bonds. The molecule has 0 aliphatic heterocycles. The molecule has 0 fully saturated rings. The first-order valence-electron chi connectivity index (χ1n) is 2.36. The van der Waals surface area contributed by atoms with E-state index in [0.717, 1.165) is 0 Å². The van der Waals surface area contributed by atoms with Gasteiger partial charge >= 0.3 is 0 Å². The summed E-state index contributed by atoms with van der Waals surface area (Å²) in [6, 6.07) is 0. The molecule has 0 aromatic carbocycles. The summed E-state index contributed by atoms with van der Waals surface area (Å²) in [5.41, 5.74) is 0. The van der Waals surface area contributed by atoms with Gasteiger partial charge in [0.15, 0.2) is 6.10 Å². The fourth-order valence-electron chi connectivity index (χ4n) is 0.435. The fourth-order valence-corrected chi connectivity index (χ4v) is 0.435. The van der Waals surface area contributed by atoms with Gasteiger partial charge in [0, 0.05) is 0 Å².